The standard InChI is InChI=1S/C27H25F2N3O6/c1-14-6-17(24(34)30-12-16-4-3-5-21(33)8-16)7-15(2)23(14)26(36)32-22(27(37)38)13-31-25(35)18-9-19(28)11-20(29)10-18/h3-11,22,33H,12-13H2,1-2H3,(H,30,34)(H,31,35)(H,32,36)(H,37,38)/t22-/m0/s1. The summed E-state index contributed by atoms with van der Waals surface area (Å²) in [4.78, 5) is 49.4. The van der Waals surface area contributed by atoms with Gasteiger partial charge in [0, 0.05) is 35.8 Å². The van der Waals surface area contributed by atoms with E-state index in [9.17, 15) is 38.2 Å². The molecule has 0 aliphatic rings. The number of rotatable bonds is 9. The van der Waals surface area contributed by atoms with E-state index >= 15 is 0 Å². The lowest BCUT2D eigenvalue weighted by Crippen LogP contribution is -2.48. The second kappa shape index (κ2) is 12.0. The number of halogens is 2. The largest absolute Gasteiger partial charge is 0.508 e. The molecule has 0 unspecified atom stereocenters. The van der Waals surface area contributed by atoms with Gasteiger partial charge in [-0.05, 0) is 66.9 Å². The highest BCUT2D eigenvalue weighted by Gasteiger charge is 2.24. The first-order valence-corrected chi connectivity index (χ1v) is 11.4. The van der Waals surface area contributed by atoms with Gasteiger partial charge in [0.1, 0.15) is 23.4 Å². The minimum absolute atomic E-state index is 0.0703. The fraction of sp³-hybridized carbons (Fsp3) is 0.185. The van der Waals surface area contributed by atoms with Crippen LogP contribution in [0.3, 0.4) is 0 Å². The molecule has 198 valence electrons. The zero-order valence-electron chi connectivity index (χ0n) is 20.5. The summed E-state index contributed by atoms with van der Waals surface area (Å²) >= 11 is 0. The molecule has 11 heteroatoms. The van der Waals surface area contributed by atoms with Crippen LogP contribution in [0.5, 0.6) is 5.75 Å². The lowest BCUT2D eigenvalue weighted by atomic mass is 9.98. The van der Waals surface area contributed by atoms with Crippen LogP contribution in [0.1, 0.15) is 47.8 Å². The van der Waals surface area contributed by atoms with Gasteiger partial charge in [-0.2, -0.15) is 0 Å². The molecule has 3 rings (SSSR count). The Morgan fingerprint density at radius 1 is 0.816 bits per heavy atom. The molecule has 38 heavy (non-hydrogen) atoms. The Balaban J connectivity index is 1.67. The van der Waals surface area contributed by atoms with Crippen LogP contribution in [-0.4, -0.2) is 46.5 Å². The van der Waals surface area contributed by atoms with E-state index in [-0.39, 0.29) is 29.0 Å². The summed E-state index contributed by atoms with van der Waals surface area (Å²) < 4.78 is 26.7. The molecule has 3 aromatic rings. The van der Waals surface area contributed by atoms with E-state index in [1.807, 2.05) is 0 Å². The SMILES string of the molecule is Cc1cc(C(=O)NCc2cccc(O)c2)cc(C)c1C(=O)N[C@@H](CNC(=O)c1cc(F)cc(F)c1)C(=O)O. The van der Waals surface area contributed by atoms with Crippen molar-refractivity contribution in [2.75, 3.05) is 6.54 Å². The van der Waals surface area contributed by atoms with Gasteiger partial charge in [-0.25, -0.2) is 13.6 Å². The number of amides is 3. The molecular formula is C27H25F2N3O6. The molecule has 0 saturated carbocycles. The predicted octanol–water partition coefficient (Wildman–Crippen LogP) is 2.83. The van der Waals surface area contributed by atoms with Crippen molar-refractivity contribution in [2.45, 2.75) is 26.4 Å². The third-order valence-corrected chi connectivity index (χ3v) is 5.58. The first-order valence-electron chi connectivity index (χ1n) is 11.4. The van der Waals surface area contributed by atoms with E-state index < -0.39 is 47.9 Å². The number of benzene rings is 3. The Morgan fingerprint density at radius 2 is 1.39 bits per heavy atom. The first-order chi connectivity index (χ1) is 17.9. The van der Waals surface area contributed by atoms with Crippen molar-refractivity contribution in [1.29, 1.82) is 0 Å². The van der Waals surface area contributed by atoms with Crippen LogP contribution < -0.4 is 16.0 Å². The number of phenols is 1. The average Bonchev–Trinajstić information content (AvgIpc) is 2.83. The van der Waals surface area contributed by atoms with Crippen LogP contribution in [0.4, 0.5) is 8.78 Å². The second-order valence-electron chi connectivity index (χ2n) is 8.57. The van der Waals surface area contributed by atoms with E-state index in [1.54, 1.807) is 26.0 Å². The van der Waals surface area contributed by atoms with Gasteiger partial charge in [0.25, 0.3) is 17.7 Å². The molecule has 0 saturated heterocycles. The van der Waals surface area contributed by atoms with Gasteiger partial charge >= 0.3 is 5.97 Å². The van der Waals surface area contributed by atoms with Gasteiger partial charge in [0.05, 0.1) is 0 Å². The van der Waals surface area contributed by atoms with Crippen molar-refractivity contribution in [1.82, 2.24) is 16.0 Å². The van der Waals surface area contributed by atoms with Gasteiger partial charge in [-0.3, -0.25) is 14.4 Å². The van der Waals surface area contributed by atoms with Crippen molar-refractivity contribution < 1.29 is 38.2 Å². The quantitative estimate of drug-likeness (QED) is 0.291. The van der Waals surface area contributed by atoms with Crippen LogP contribution in [0.2, 0.25) is 0 Å². The highest BCUT2D eigenvalue weighted by Crippen LogP contribution is 2.18. The first kappa shape index (κ1) is 27.8. The maximum Gasteiger partial charge on any atom is 0.328 e. The highest BCUT2D eigenvalue weighted by molar-refractivity contribution is 6.02. The number of carboxylic acid groups (broad SMARTS) is 1. The van der Waals surface area contributed by atoms with Crippen LogP contribution in [-0.2, 0) is 11.3 Å². The number of aromatic hydroxyl groups is 1. The van der Waals surface area contributed by atoms with Gasteiger partial charge in [-0.1, -0.05) is 12.1 Å². The maximum atomic E-state index is 13.4. The Morgan fingerprint density at radius 3 is 1.97 bits per heavy atom. The second-order valence-corrected chi connectivity index (χ2v) is 8.57. The van der Waals surface area contributed by atoms with Gasteiger partial charge < -0.3 is 26.2 Å². The summed E-state index contributed by atoms with van der Waals surface area (Å²) in [5, 5.41) is 26.3. The molecule has 0 bridgehead atoms. The van der Waals surface area contributed by atoms with Crippen LogP contribution in [0.25, 0.3) is 0 Å². The highest BCUT2D eigenvalue weighted by atomic mass is 19.1. The fourth-order valence-corrected chi connectivity index (χ4v) is 3.82. The average molecular weight is 526 g/mol. The Hall–Kier alpha value is -4.80. The fourth-order valence-electron chi connectivity index (χ4n) is 3.82. The van der Waals surface area contributed by atoms with Gasteiger partial charge in [0.2, 0.25) is 0 Å². The van der Waals surface area contributed by atoms with Crippen molar-refractivity contribution in [3.05, 3.63) is 99.6 Å². The summed E-state index contributed by atoms with van der Waals surface area (Å²) in [5.41, 5.74) is 1.60. The molecule has 3 aromatic carbocycles. The summed E-state index contributed by atoms with van der Waals surface area (Å²) in [7, 11) is 0. The Kier molecular flexibility index (Phi) is 8.74. The van der Waals surface area contributed by atoms with E-state index in [4.69, 9.17) is 0 Å². The monoisotopic (exact) mass is 525 g/mol. The zero-order chi connectivity index (χ0) is 28.0. The number of phenolic OH excluding ortho intramolecular Hbond substituents is 1. The number of nitrogens with one attached hydrogen (secondary N) is 3. The molecule has 0 fully saturated rings. The zero-order valence-corrected chi connectivity index (χ0v) is 20.5. The number of carbonyl (C=O) groups excluding carboxylic acids is 3. The molecule has 9 nitrogen and oxygen atoms in total. The number of hydrogen-bond acceptors (Lipinski definition) is 5. The predicted molar refractivity (Wildman–Crippen MR) is 133 cm³/mol. The van der Waals surface area contributed by atoms with E-state index in [0.717, 1.165) is 12.1 Å². The van der Waals surface area contributed by atoms with E-state index in [2.05, 4.69) is 16.0 Å². The van der Waals surface area contributed by atoms with E-state index in [1.165, 1.54) is 24.3 Å². The smallest absolute Gasteiger partial charge is 0.328 e. The minimum atomic E-state index is -1.55. The molecule has 0 aromatic heterocycles. The van der Waals surface area contributed by atoms with Crippen molar-refractivity contribution >= 4 is 23.7 Å². The molecule has 0 heterocycles. The molecule has 1 atom stereocenters. The lowest BCUT2D eigenvalue weighted by Gasteiger charge is -2.18. The number of hydrogen-bond donors (Lipinski definition) is 5. The number of aliphatic carboxylic acids is 1. The summed E-state index contributed by atoms with van der Waals surface area (Å²) in [6.45, 7) is 2.79. The summed E-state index contributed by atoms with van der Waals surface area (Å²) in [5.74, 6) is -5.39. The molecular weight excluding hydrogens is 500 g/mol. The number of aryl methyl sites for hydroxylation is 2. The third-order valence-electron chi connectivity index (χ3n) is 5.58. The normalized spacial score (nSPS) is 11.4. The van der Waals surface area contributed by atoms with Crippen molar-refractivity contribution in [3.8, 4) is 5.75 Å². The maximum absolute atomic E-state index is 13.4. The van der Waals surface area contributed by atoms with Crippen LogP contribution in [0.15, 0.2) is 54.6 Å². The Labute approximate surface area is 216 Å². The van der Waals surface area contributed by atoms with Crippen LogP contribution >= 0.6 is 0 Å². The number of carboxylic acids is 1. The van der Waals surface area contributed by atoms with Gasteiger partial charge in [-0.15, -0.1) is 0 Å². The topological polar surface area (TPSA) is 145 Å². The Bertz CT molecular complexity index is 1370. The molecule has 0 radical (unpaired) electrons. The van der Waals surface area contributed by atoms with Crippen molar-refractivity contribution in [3.63, 3.8) is 0 Å². The van der Waals surface area contributed by atoms with Crippen LogP contribution in [0, 0.1) is 25.5 Å². The molecule has 0 spiro atoms. The van der Waals surface area contributed by atoms with Gasteiger partial charge in [0.15, 0.2) is 0 Å². The van der Waals surface area contributed by atoms with Crippen molar-refractivity contribution in [2.24, 2.45) is 0 Å². The minimum Gasteiger partial charge on any atom is -0.508 e. The molecule has 0 aliphatic carbocycles. The molecule has 3 amide bonds. The van der Waals surface area contributed by atoms with E-state index in [0.29, 0.717) is 22.8 Å². The molecule has 5 N–H and O–H groups in total. The lowest BCUT2D eigenvalue weighted by molar-refractivity contribution is -0.139. The third kappa shape index (κ3) is 7.12. The summed E-state index contributed by atoms with van der Waals surface area (Å²) in [6.07, 6.45) is 0. The molecule has 0 aliphatic heterocycles. The number of carbonyl (C=O) groups is 4. The summed E-state index contributed by atoms with van der Waals surface area (Å²) in [6, 6.07) is 10.0.